The van der Waals surface area contributed by atoms with Gasteiger partial charge in [-0.05, 0) is 35.4 Å². The summed E-state index contributed by atoms with van der Waals surface area (Å²) in [6, 6.07) is 40.4. The summed E-state index contributed by atoms with van der Waals surface area (Å²) in [5.41, 5.74) is 11.6. The minimum atomic E-state index is 0. The van der Waals surface area contributed by atoms with E-state index in [0.717, 1.165) is 44.4 Å². The molecule has 6 aromatic carbocycles. The van der Waals surface area contributed by atoms with Crippen molar-refractivity contribution in [2.45, 2.75) is 79.1 Å². The molecule has 2 aliphatic rings. The minimum absolute atomic E-state index is 0. The van der Waals surface area contributed by atoms with Crippen LogP contribution in [0, 0.1) is 38.1 Å². The molecule has 0 fully saturated rings. The Bertz CT molecular complexity index is 2030. The number of hydrogen-bond donors (Lipinski definition) is 0. The average molecular weight is 872 g/mol. The van der Waals surface area contributed by atoms with Crippen LogP contribution in [0.4, 0.5) is 0 Å². The number of hydrogen-bond acceptors (Lipinski definition) is 0. The molecule has 0 spiro atoms. The van der Waals surface area contributed by atoms with Crippen LogP contribution in [-0.2, 0) is 41.5 Å². The van der Waals surface area contributed by atoms with Crippen molar-refractivity contribution in [3.63, 3.8) is 0 Å². The second-order valence-electron chi connectivity index (χ2n) is 14.9. The van der Waals surface area contributed by atoms with Crippen molar-refractivity contribution in [2.24, 2.45) is 0 Å². The first-order chi connectivity index (χ1) is 24.7. The van der Waals surface area contributed by atoms with Crippen molar-refractivity contribution >= 4 is 73.8 Å². The maximum absolute atomic E-state index is 5.94. The van der Waals surface area contributed by atoms with Gasteiger partial charge in [-0.1, -0.05) is 118 Å². The average Bonchev–Trinajstić information content (AvgIpc) is 3.81. The molecule has 282 valence electrons. The number of allylic oxidation sites excluding steroid dienone is 4. The zero-order valence-corrected chi connectivity index (χ0v) is 38.2. The Hall–Kier alpha value is -2.77. The predicted octanol–water partition coefficient (Wildman–Crippen LogP) is 15.0. The van der Waals surface area contributed by atoms with Crippen molar-refractivity contribution in [1.82, 2.24) is 0 Å². The fourth-order valence-electron chi connectivity index (χ4n) is 6.59. The molecule has 0 aromatic heterocycles. The predicted molar refractivity (Wildman–Crippen MR) is 239 cm³/mol. The van der Waals surface area contributed by atoms with Gasteiger partial charge >= 0.3 is 28.4 Å². The third kappa shape index (κ3) is 12.4. The fraction of sp³-hybridized carbons (Fsp3) is 0.245. The van der Waals surface area contributed by atoms with Crippen molar-refractivity contribution in [3.8, 4) is 11.1 Å². The number of halogens is 4. The fourth-order valence-corrected chi connectivity index (χ4v) is 7.07. The Labute approximate surface area is 362 Å². The number of fused-ring (bicyclic) bond motifs is 5. The molecule has 0 unspecified atom stereocenters. The van der Waals surface area contributed by atoms with E-state index < -0.39 is 0 Å². The molecule has 0 atom stereocenters. The molecule has 0 saturated carbocycles. The third-order valence-corrected chi connectivity index (χ3v) is 9.63. The van der Waals surface area contributed by atoms with Crippen LogP contribution in [0.5, 0.6) is 0 Å². The Balaban J connectivity index is 0.000000272. The molecule has 54 heavy (non-hydrogen) atoms. The first-order valence-corrected chi connectivity index (χ1v) is 20.1. The standard InChI is InChI=1S/C23H29.2C10H6Cl.C5H5.CH2.2ClH.Zr/c1-14-9-16-11-17-10-15(2)21(23(6,7)8)13-19(17)18(16)12-20(14)22(3,4)5;2*11-10-7-3-5-8-4-1-2-6-9(8)10;1-2-4-5-3-1;;;;/h9,12-13H,11H2,1-8H3;2*1-3,5-7H;1-3H,4H2;1H2;2*1H;/q4*-1;;;;. The van der Waals surface area contributed by atoms with E-state index in [4.69, 9.17) is 23.2 Å². The first kappa shape index (κ1) is 47.4. The molecule has 0 amide bonds. The molecular weight excluding hydrogens is 822 g/mol. The summed E-state index contributed by atoms with van der Waals surface area (Å²) in [5.74, 6) is 0. The van der Waals surface area contributed by atoms with Crippen LogP contribution in [0.2, 0.25) is 10.0 Å². The van der Waals surface area contributed by atoms with Gasteiger partial charge in [-0.3, -0.25) is 6.08 Å². The molecule has 0 saturated heterocycles. The van der Waals surface area contributed by atoms with Gasteiger partial charge in [0.15, 0.2) is 0 Å². The molecule has 2 aliphatic carbocycles. The van der Waals surface area contributed by atoms with E-state index in [2.05, 4.69) is 108 Å². The normalized spacial score (nSPS) is 11.8. The van der Waals surface area contributed by atoms with Gasteiger partial charge in [0.2, 0.25) is 0 Å². The Kier molecular flexibility index (Phi) is 18.9. The van der Waals surface area contributed by atoms with Crippen LogP contribution >= 0.6 is 48.0 Å². The van der Waals surface area contributed by atoms with E-state index >= 15 is 0 Å². The third-order valence-electron chi connectivity index (χ3n) is 8.97. The van der Waals surface area contributed by atoms with Crippen LogP contribution in [0.1, 0.15) is 81.3 Å². The number of benzene rings is 6. The summed E-state index contributed by atoms with van der Waals surface area (Å²) in [6.45, 7) is 18.2. The molecule has 8 rings (SSSR count). The van der Waals surface area contributed by atoms with E-state index in [1.165, 1.54) is 68.7 Å². The second kappa shape index (κ2) is 21.5. The molecule has 0 N–H and O–H groups in total. The molecule has 0 bridgehead atoms. The summed E-state index contributed by atoms with van der Waals surface area (Å²) >= 11 is 13.2. The van der Waals surface area contributed by atoms with Crippen molar-refractivity contribution in [2.75, 3.05) is 0 Å². The van der Waals surface area contributed by atoms with Crippen LogP contribution in [0.3, 0.4) is 0 Å². The van der Waals surface area contributed by atoms with Crippen molar-refractivity contribution in [3.05, 3.63) is 177 Å². The topological polar surface area (TPSA) is 0 Å². The summed E-state index contributed by atoms with van der Waals surface area (Å²) < 4.78 is 3.34. The molecule has 0 nitrogen and oxygen atoms in total. The maximum atomic E-state index is 5.94. The van der Waals surface area contributed by atoms with Gasteiger partial charge in [0.1, 0.15) is 0 Å². The van der Waals surface area contributed by atoms with Crippen molar-refractivity contribution < 1.29 is 24.2 Å². The van der Waals surface area contributed by atoms with Gasteiger partial charge in [-0.2, -0.15) is 23.8 Å². The van der Waals surface area contributed by atoms with Crippen molar-refractivity contribution in [1.29, 1.82) is 0 Å². The Morgan fingerprint density at radius 3 is 1.61 bits per heavy atom. The number of aryl methyl sites for hydroxylation is 2. The van der Waals surface area contributed by atoms with Gasteiger partial charge in [-0.15, -0.1) is 131 Å². The van der Waals surface area contributed by atoms with E-state index in [9.17, 15) is 0 Å². The Morgan fingerprint density at radius 2 is 1.19 bits per heavy atom. The number of rotatable bonds is 0. The second-order valence-corrected chi connectivity index (χ2v) is 15.8. The summed E-state index contributed by atoms with van der Waals surface area (Å²) in [4.78, 5) is 0. The van der Waals surface area contributed by atoms with Gasteiger partial charge in [0.25, 0.3) is 0 Å². The van der Waals surface area contributed by atoms with Crippen LogP contribution in [-0.4, -0.2) is 4.21 Å². The zero-order chi connectivity index (χ0) is 38.1. The first-order valence-electron chi connectivity index (χ1n) is 17.6. The molecule has 5 heteroatoms. The summed E-state index contributed by atoms with van der Waals surface area (Å²) in [7, 11) is 0. The van der Waals surface area contributed by atoms with Crippen LogP contribution < -0.4 is 0 Å². The van der Waals surface area contributed by atoms with E-state index in [1.807, 2.05) is 84.9 Å². The summed E-state index contributed by atoms with van der Waals surface area (Å²) in [6.07, 6.45) is 11.0. The van der Waals surface area contributed by atoms with E-state index in [-0.39, 0.29) is 35.6 Å². The molecular formula is C49H50Cl4Zr-4. The summed E-state index contributed by atoms with van der Waals surface area (Å²) in [5, 5.41) is 5.85. The SMILES string of the molecule is Cc1[c-]c2c(cc1C(C)(C)C)-c1cc(C(C)(C)C)c(C)cc1C2.Cl.Cl.Clc1cccc2[c-]cccc12.Clc1cccc2[c-]cccc12.[C-]1=CC=CC1.[CH2]=[Zr]. The van der Waals surface area contributed by atoms with Gasteiger partial charge in [-0.25, -0.2) is 12.2 Å². The van der Waals surface area contributed by atoms with Gasteiger partial charge < -0.3 is 0 Å². The molecule has 6 aromatic rings. The zero-order valence-electron chi connectivity index (χ0n) is 32.6. The van der Waals surface area contributed by atoms with E-state index in [1.54, 1.807) is 0 Å². The molecule has 0 heterocycles. The monoisotopic (exact) mass is 868 g/mol. The van der Waals surface area contributed by atoms with Crippen LogP contribution in [0.15, 0.2) is 109 Å². The molecule has 0 aliphatic heterocycles. The van der Waals surface area contributed by atoms with Crippen LogP contribution in [0.25, 0.3) is 32.7 Å². The van der Waals surface area contributed by atoms with E-state index in [0.29, 0.717) is 0 Å². The van der Waals surface area contributed by atoms with Gasteiger partial charge in [0.05, 0.1) is 0 Å². The quantitative estimate of drug-likeness (QED) is 0.133. The molecule has 0 radical (unpaired) electrons. The van der Waals surface area contributed by atoms with Gasteiger partial charge in [0, 0.05) is 10.0 Å². The Morgan fingerprint density at radius 1 is 0.667 bits per heavy atom.